The first-order chi connectivity index (χ1) is 9.66. The van der Waals surface area contributed by atoms with Crippen LogP contribution in [0.2, 0.25) is 0 Å². The van der Waals surface area contributed by atoms with Crippen LogP contribution in [0.25, 0.3) is 23.1 Å². The van der Waals surface area contributed by atoms with Gasteiger partial charge in [0.25, 0.3) is 0 Å². The lowest BCUT2D eigenvalue weighted by molar-refractivity contribution is 0.565. The first-order valence-corrected chi connectivity index (χ1v) is 6.97. The molecule has 2 aliphatic rings. The quantitative estimate of drug-likeness (QED) is 0.707. The second-order valence-corrected chi connectivity index (χ2v) is 5.92. The lowest BCUT2D eigenvalue weighted by atomic mass is 9.77. The van der Waals surface area contributed by atoms with Crippen LogP contribution in [0.5, 0.6) is 0 Å². The number of furan rings is 1. The maximum Gasteiger partial charge on any atom is 0.135 e. The topological polar surface area (TPSA) is 13.1 Å². The average molecular weight is 260 g/mol. The van der Waals surface area contributed by atoms with Gasteiger partial charge in [0.05, 0.1) is 0 Å². The van der Waals surface area contributed by atoms with E-state index in [-0.39, 0.29) is 5.41 Å². The molecular formula is C19H16O. The molecular weight excluding hydrogens is 244 g/mol. The highest BCUT2D eigenvalue weighted by Gasteiger charge is 2.28. The van der Waals surface area contributed by atoms with Crippen LogP contribution in [-0.4, -0.2) is 0 Å². The van der Waals surface area contributed by atoms with E-state index in [1.807, 2.05) is 12.1 Å². The van der Waals surface area contributed by atoms with Gasteiger partial charge in [-0.3, -0.25) is 0 Å². The predicted octanol–water partition coefficient (Wildman–Crippen LogP) is 3.46. The standard InChI is InChI=1S/C19H16O/c1-19(2)13-7-3-4-8-14(19)12-18-16(11-13)15-9-5-6-10-17(15)20-18/h3-12H,1-2H3. The average Bonchev–Trinajstić information content (AvgIpc) is 2.67. The molecule has 0 N–H and O–H groups in total. The third-order valence-corrected chi connectivity index (χ3v) is 4.36. The molecule has 1 heteroatoms. The molecule has 0 saturated heterocycles. The SMILES string of the molecule is CC1(C)C2=CC=CC=C1C=c1c(oc3ccccc13)=C2. The second-order valence-electron chi connectivity index (χ2n) is 5.92. The first kappa shape index (κ1) is 11.5. The Morgan fingerprint density at radius 3 is 2.40 bits per heavy atom. The minimum Gasteiger partial charge on any atom is -0.456 e. The van der Waals surface area contributed by atoms with Crippen LogP contribution in [0, 0.1) is 5.41 Å². The number of hydrogen-bond acceptors (Lipinski definition) is 1. The van der Waals surface area contributed by atoms with Gasteiger partial charge in [-0.1, -0.05) is 56.4 Å². The maximum absolute atomic E-state index is 6.03. The smallest absolute Gasteiger partial charge is 0.135 e. The molecule has 0 amide bonds. The van der Waals surface area contributed by atoms with E-state index >= 15 is 0 Å². The fraction of sp³-hybridized carbons (Fsp3) is 0.158. The highest BCUT2D eigenvalue weighted by Crippen LogP contribution is 2.38. The number of allylic oxidation sites excluding steroid dienone is 6. The molecule has 98 valence electrons. The molecule has 1 aromatic carbocycles. The number of benzene rings is 1. The van der Waals surface area contributed by atoms with Gasteiger partial charge >= 0.3 is 0 Å². The zero-order valence-corrected chi connectivity index (χ0v) is 11.7. The second kappa shape index (κ2) is 3.86. The van der Waals surface area contributed by atoms with Crippen molar-refractivity contribution < 1.29 is 4.42 Å². The molecule has 2 bridgehead atoms. The molecule has 0 fully saturated rings. The van der Waals surface area contributed by atoms with Gasteiger partial charge in [-0.2, -0.15) is 0 Å². The molecule has 1 nitrogen and oxygen atoms in total. The Morgan fingerprint density at radius 2 is 1.60 bits per heavy atom. The van der Waals surface area contributed by atoms with Gasteiger partial charge in [-0.25, -0.2) is 0 Å². The molecule has 0 aliphatic heterocycles. The maximum atomic E-state index is 6.03. The molecule has 0 atom stereocenters. The van der Waals surface area contributed by atoms with Gasteiger partial charge < -0.3 is 4.42 Å². The van der Waals surface area contributed by atoms with Crippen molar-refractivity contribution in [2.45, 2.75) is 13.8 Å². The molecule has 0 spiro atoms. The highest BCUT2D eigenvalue weighted by molar-refractivity contribution is 5.82. The number of rotatable bonds is 0. The fourth-order valence-corrected chi connectivity index (χ4v) is 3.00. The van der Waals surface area contributed by atoms with Crippen molar-refractivity contribution in [3.8, 4) is 0 Å². The Labute approximate surface area is 117 Å². The Kier molecular flexibility index (Phi) is 2.23. The van der Waals surface area contributed by atoms with Crippen LogP contribution in [0.15, 0.2) is 64.1 Å². The summed E-state index contributed by atoms with van der Waals surface area (Å²) in [5.74, 6) is 0. The zero-order chi connectivity index (χ0) is 13.7. The Morgan fingerprint density at radius 1 is 0.900 bits per heavy atom. The largest absolute Gasteiger partial charge is 0.456 e. The van der Waals surface area contributed by atoms with Crippen LogP contribution in [-0.2, 0) is 0 Å². The summed E-state index contributed by atoms with van der Waals surface area (Å²) in [5, 5.41) is 2.38. The van der Waals surface area contributed by atoms with Crippen molar-refractivity contribution in [1.82, 2.24) is 0 Å². The summed E-state index contributed by atoms with van der Waals surface area (Å²) in [5.41, 5.74) is 4.53. The first-order valence-electron chi connectivity index (χ1n) is 6.97. The van der Waals surface area contributed by atoms with Gasteiger partial charge in [-0.05, 0) is 29.4 Å². The van der Waals surface area contributed by atoms with Crippen molar-refractivity contribution in [3.63, 3.8) is 0 Å². The van der Waals surface area contributed by atoms with Gasteiger partial charge in [0.1, 0.15) is 11.0 Å². The monoisotopic (exact) mass is 260 g/mol. The van der Waals surface area contributed by atoms with E-state index in [1.54, 1.807) is 0 Å². The molecule has 2 aliphatic carbocycles. The van der Waals surface area contributed by atoms with Crippen molar-refractivity contribution in [1.29, 1.82) is 0 Å². The molecule has 2 aromatic rings. The van der Waals surface area contributed by atoms with Crippen molar-refractivity contribution in [2.24, 2.45) is 5.41 Å². The summed E-state index contributed by atoms with van der Waals surface area (Å²) < 4.78 is 6.03. The van der Waals surface area contributed by atoms with Gasteiger partial charge in [-0.15, -0.1) is 0 Å². The Hall–Kier alpha value is -2.28. The van der Waals surface area contributed by atoms with Gasteiger partial charge in [0.2, 0.25) is 0 Å². The third kappa shape index (κ3) is 1.50. The van der Waals surface area contributed by atoms with Gasteiger partial charge in [0, 0.05) is 16.0 Å². The van der Waals surface area contributed by atoms with E-state index in [0.29, 0.717) is 0 Å². The van der Waals surface area contributed by atoms with Crippen molar-refractivity contribution >= 4 is 23.1 Å². The summed E-state index contributed by atoms with van der Waals surface area (Å²) in [4.78, 5) is 0. The Balaban J connectivity index is 2.21. The van der Waals surface area contributed by atoms with Crippen LogP contribution in [0.3, 0.4) is 0 Å². The van der Waals surface area contributed by atoms with Crippen molar-refractivity contribution in [2.75, 3.05) is 0 Å². The highest BCUT2D eigenvalue weighted by atomic mass is 16.3. The number of fused-ring (bicyclic) bond motifs is 5. The molecule has 1 aromatic heterocycles. The number of hydrogen-bond donors (Lipinski definition) is 0. The summed E-state index contributed by atoms with van der Waals surface area (Å²) in [6, 6.07) is 8.24. The molecule has 20 heavy (non-hydrogen) atoms. The van der Waals surface area contributed by atoms with Crippen LogP contribution < -0.4 is 10.6 Å². The van der Waals surface area contributed by atoms with E-state index in [2.05, 4.69) is 62.4 Å². The van der Waals surface area contributed by atoms with Crippen LogP contribution in [0.1, 0.15) is 13.8 Å². The lowest BCUT2D eigenvalue weighted by Gasteiger charge is -2.26. The number of para-hydroxylation sites is 1. The van der Waals surface area contributed by atoms with Gasteiger partial charge in [0.15, 0.2) is 0 Å². The molecule has 4 rings (SSSR count). The normalized spacial score (nSPS) is 19.1. The zero-order valence-electron chi connectivity index (χ0n) is 11.7. The summed E-state index contributed by atoms with van der Waals surface area (Å²) in [6.07, 6.45) is 13.0. The minimum absolute atomic E-state index is 0.00609. The van der Waals surface area contributed by atoms with E-state index < -0.39 is 0 Å². The molecule has 1 heterocycles. The predicted molar refractivity (Wildman–Crippen MR) is 83.5 cm³/mol. The third-order valence-electron chi connectivity index (χ3n) is 4.36. The van der Waals surface area contributed by atoms with Crippen molar-refractivity contribution in [3.05, 3.63) is 70.3 Å². The van der Waals surface area contributed by atoms with Crippen LogP contribution in [0.4, 0.5) is 0 Å². The summed E-state index contributed by atoms with van der Waals surface area (Å²) in [7, 11) is 0. The summed E-state index contributed by atoms with van der Waals surface area (Å²) in [6.45, 7) is 4.53. The van der Waals surface area contributed by atoms with E-state index in [9.17, 15) is 0 Å². The van der Waals surface area contributed by atoms with E-state index in [0.717, 1.165) is 11.0 Å². The van der Waals surface area contributed by atoms with E-state index in [4.69, 9.17) is 4.42 Å². The lowest BCUT2D eigenvalue weighted by Crippen LogP contribution is -2.19. The van der Waals surface area contributed by atoms with Crippen LogP contribution >= 0.6 is 0 Å². The molecule has 0 unspecified atom stereocenters. The summed E-state index contributed by atoms with van der Waals surface area (Å²) >= 11 is 0. The van der Waals surface area contributed by atoms with E-state index in [1.165, 1.54) is 21.8 Å². The Bertz CT molecular complexity index is 914. The molecule has 0 radical (unpaired) electrons. The molecule has 0 saturated carbocycles. The minimum atomic E-state index is 0.00609. The fourth-order valence-electron chi connectivity index (χ4n) is 3.00.